The van der Waals surface area contributed by atoms with E-state index in [0.717, 1.165) is 31.2 Å². The molecule has 1 saturated carbocycles. The van der Waals surface area contributed by atoms with Crippen LogP contribution >= 0.6 is 8.60 Å². The van der Waals surface area contributed by atoms with Gasteiger partial charge in [0.25, 0.3) is 0 Å². The monoisotopic (exact) mass is 316 g/mol. The van der Waals surface area contributed by atoms with E-state index >= 15 is 0 Å². The molecule has 3 nitrogen and oxygen atoms in total. The highest BCUT2D eigenvalue weighted by Crippen LogP contribution is 2.54. The van der Waals surface area contributed by atoms with E-state index in [2.05, 4.69) is 12.1 Å². The smallest absolute Gasteiger partial charge is 0.327 e. The quantitative estimate of drug-likeness (QED) is 0.818. The summed E-state index contributed by atoms with van der Waals surface area (Å²) in [5, 5.41) is 0. The Bertz CT molecular complexity index is 588. The molecule has 22 heavy (non-hydrogen) atoms. The highest BCUT2D eigenvalue weighted by Gasteiger charge is 2.45. The van der Waals surface area contributed by atoms with Gasteiger partial charge in [0, 0.05) is 5.92 Å². The molecule has 0 saturated heterocycles. The Morgan fingerprint density at radius 1 is 0.909 bits per heavy atom. The maximum atomic E-state index is 9.59. The van der Waals surface area contributed by atoms with Crippen molar-refractivity contribution < 1.29 is 14.3 Å². The average Bonchev–Trinajstić information content (AvgIpc) is 2.56. The number of hydrogen-bond acceptors (Lipinski definition) is 3. The van der Waals surface area contributed by atoms with Crippen LogP contribution in [0.4, 0.5) is 0 Å². The fourth-order valence-corrected chi connectivity index (χ4v) is 4.25. The Labute approximate surface area is 132 Å². The molecule has 0 aromatic heterocycles. The van der Waals surface area contributed by atoms with Crippen molar-refractivity contribution in [3.63, 3.8) is 0 Å². The highest BCUT2D eigenvalue weighted by molar-refractivity contribution is 7.39. The lowest BCUT2D eigenvalue weighted by Gasteiger charge is -2.44. The minimum atomic E-state index is -2.41. The van der Waals surface area contributed by atoms with Crippen LogP contribution in [-0.2, 0) is 10.1 Å². The lowest BCUT2D eigenvalue weighted by atomic mass is 9.69. The predicted octanol–water partition coefficient (Wildman–Crippen LogP) is 4.47. The van der Waals surface area contributed by atoms with Crippen LogP contribution in [0.5, 0.6) is 0 Å². The molecule has 1 aliphatic rings. The van der Waals surface area contributed by atoms with Crippen molar-refractivity contribution in [2.75, 3.05) is 0 Å². The van der Waals surface area contributed by atoms with Crippen LogP contribution in [0, 0.1) is 0 Å². The van der Waals surface area contributed by atoms with Crippen LogP contribution in [0.15, 0.2) is 60.7 Å². The number of hydrogen-bond donors (Lipinski definition) is 2. The first-order valence-corrected chi connectivity index (χ1v) is 8.86. The molecule has 0 amide bonds. The summed E-state index contributed by atoms with van der Waals surface area (Å²) in [4.78, 5) is 19.2. The van der Waals surface area contributed by atoms with E-state index in [0.29, 0.717) is 0 Å². The van der Waals surface area contributed by atoms with Gasteiger partial charge >= 0.3 is 8.60 Å². The molecular weight excluding hydrogens is 295 g/mol. The van der Waals surface area contributed by atoms with Crippen molar-refractivity contribution in [2.45, 2.75) is 37.2 Å². The predicted molar refractivity (Wildman–Crippen MR) is 88.2 cm³/mol. The molecule has 0 radical (unpaired) electrons. The molecule has 1 fully saturated rings. The maximum absolute atomic E-state index is 9.59. The molecule has 2 unspecified atom stereocenters. The Kier molecular flexibility index (Phi) is 4.90. The van der Waals surface area contributed by atoms with Crippen molar-refractivity contribution in [3.8, 4) is 0 Å². The van der Waals surface area contributed by atoms with Crippen LogP contribution in [0.1, 0.15) is 42.7 Å². The van der Waals surface area contributed by atoms with Gasteiger partial charge < -0.3 is 14.3 Å². The van der Waals surface area contributed by atoms with E-state index in [-0.39, 0.29) is 5.92 Å². The van der Waals surface area contributed by atoms with Crippen molar-refractivity contribution in [1.82, 2.24) is 0 Å². The molecule has 2 atom stereocenters. The van der Waals surface area contributed by atoms with Gasteiger partial charge in [-0.15, -0.1) is 0 Å². The minimum Gasteiger partial charge on any atom is -0.328 e. The first-order valence-electron chi connectivity index (χ1n) is 7.70. The summed E-state index contributed by atoms with van der Waals surface area (Å²) >= 11 is 0. The van der Waals surface area contributed by atoms with Crippen LogP contribution in [0.25, 0.3) is 0 Å². The molecule has 3 rings (SSSR count). The molecular formula is C18H21O3P. The largest absolute Gasteiger partial charge is 0.328 e. The van der Waals surface area contributed by atoms with Crippen molar-refractivity contribution in [1.29, 1.82) is 0 Å². The van der Waals surface area contributed by atoms with Gasteiger partial charge in [-0.3, -0.25) is 0 Å². The van der Waals surface area contributed by atoms with Crippen molar-refractivity contribution >= 4 is 8.60 Å². The van der Waals surface area contributed by atoms with Gasteiger partial charge in [0.2, 0.25) is 0 Å². The summed E-state index contributed by atoms with van der Waals surface area (Å²) in [5.74, 6) is 0.133. The highest BCUT2D eigenvalue weighted by atomic mass is 31.2. The molecule has 116 valence electrons. The van der Waals surface area contributed by atoms with Crippen LogP contribution in [-0.4, -0.2) is 9.79 Å². The molecule has 2 N–H and O–H groups in total. The molecule has 2 aromatic carbocycles. The standard InChI is InChI=1S/C18H21O3P/c19-22(20)21-18(16-11-5-2-6-12-16)14-8-7-13-17(18)15-9-3-1-4-10-15/h1-6,9-12,17,19-20H,7-8,13-14H2. The number of rotatable bonds is 4. The third-order valence-electron chi connectivity index (χ3n) is 4.56. The maximum Gasteiger partial charge on any atom is 0.327 e. The summed E-state index contributed by atoms with van der Waals surface area (Å²) in [6, 6.07) is 20.3. The molecule has 0 spiro atoms. The van der Waals surface area contributed by atoms with Gasteiger partial charge in [0.05, 0.1) is 0 Å². The Balaban J connectivity index is 2.08. The second kappa shape index (κ2) is 6.89. The lowest BCUT2D eigenvalue weighted by molar-refractivity contribution is -0.00611. The summed E-state index contributed by atoms with van der Waals surface area (Å²) in [6.45, 7) is 0. The second-order valence-electron chi connectivity index (χ2n) is 5.81. The SMILES string of the molecule is OP(O)OC1(c2ccccc2)CCCCC1c1ccccc1. The normalized spacial score (nSPS) is 25.3. The van der Waals surface area contributed by atoms with E-state index in [9.17, 15) is 9.79 Å². The molecule has 2 aromatic rings. The zero-order valence-corrected chi connectivity index (χ0v) is 13.3. The second-order valence-corrected chi connectivity index (χ2v) is 6.50. The van der Waals surface area contributed by atoms with Gasteiger partial charge in [0.15, 0.2) is 0 Å². The van der Waals surface area contributed by atoms with Gasteiger partial charge in [0.1, 0.15) is 5.60 Å². The Hall–Kier alpha value is -1.25. The third-order valence-corrected chi connectivity index (χ3v) is 5.05. The Morgan fingerprint density at radius 3 is 2.18 bits per heavy atom. The van der Waals surface area contributed by atoms with E-state index in [1.165, 1.54) is 5.56 Å². The summed E-state index contributed by atoms with van der Waals surface area (Å²) in [5.41, 5.74) is 1.57. The van der Waals surface area contributed by atoms with Crippen molar-refractivity contribution in [3.05, 3.63) is 71.8 Å². The first-order chi connectivity index (χ1) is 10.7. The van der Waals surface area contributed by atoms with Gasteiger partial charge in [-0.1, -0.05) is 73.5 Å². The topological polar surface area (TPSA) is 49.7 Å². The van der Waals surface area contributed by atoms with Crippen LogP contribution in [0.2, 0.25) is 0 Å². The van der Waals surface area contributed by atoms with Gasteiger partial charge in [-0.25, -0.2) is 0 Å². The average molecular weight is 316 g/mol. The fraction of sp³-hybridized carbons (Fsp3) is 0.333. The molecule has 4 heteroatoms. The summed E-state index contributed by atoms with van der Waals surface area (Å²) in [7, 11) is -2.41. The fourth-order valence-electron chi connectivity index (χ4n) is 3.64. The number of benzene rings is 2. The van der Waals surface area contributed by atoms with Crippen LogP contribution < -0.4 is 0 Å². The van der Waals surface area contributed by atoms with Crippen LogP contribution in [0.3, 0.4) is 0 Å². The zero-order chi connectivity index (χ0) is 15.4. The van der Waals surface area contributed by atoms with E-state index in [1.807, 2.05) is 48.5 Å². The molecule has 0 aliphatic heterocycles. The minimum absolute atomic E-state index is 0.133. The first kappa shape index (κ1) is 15.6. The molecule has 0 heterocycles. The molecule has 0 bridgehead atoms. The lowest BCUT2D eigenvalue weighted by Crippen LogP contribution is -2.38. The van der Waals surface area contributed by atoms with Gasteiger partial charge in [-0.2, -0.15) is 0 Å². The summed E-state index contributed by atoms with van der Waals surface area (Å²) < 4.78 is 5.81. The van der Waals surface area contributed by atoms with Gasteiger partial charge in [-0.05, 0) is 24.0 Å². The van der Waals surface area contributed by atoms with E-state index in [1.54, 1.807) is 0 Å². The third kappa shape index (κ3) is 3.09. The zero-order valence-electron chi connectivity index (χ0n) is 12.4. The molecule has 1 aliphatic carbocycles. The van der Waals surface area contributed by atoms with E-state index in [4.69, 9.17) is 4.52 Å². The Morgan fingerprint density at radius 2 is 1.55 bits per heavy atom. The van der Waals surface area contributed by atoms with Crippen molar-refractivity contribution in [2.24, 2.45) is 0 Å². The summed E-state index contributed by atoms with van der Waals surface area (Å²) in [6.07, 6.45) is 3.95. The van der Waals surface area contributed by atoms with E-state index < -0.39 is 14.2 Å².